The highest BCUT2D eigenvalue weighted by molar-refractivity contribution is 5.99. The van der Waals surface area contributed by atoms with Crippen LogP contribution >= 0.6 is 0 Å². The third-order valence-corrected chi connectivity index (χ3v) is 2.43. The molecule has 3 N–H and O–H groups in total. The van der Waals surface area contributed by atoms with Gasteiger partial charge in [0.05, 0.1) is 6.42 Å². The van der Waals surface area contributed by atoms with Gasteiger partial charge in [-0.1, -0.05) is 0 Å². The van der Waals surface area contributed by atoms with E-state index in [2.05, 4.69) is 16.0 Å². The minimum atomic E-state index is 0.0809. The Hall–Kier alpha value is -1.55. The summed E-state index contributed by atoms with van der Waals surface area (Å²) in [6.45, 7) is 1.81. The van der Waals surface area contributed by atoms with Crippen LogP contribution in [0.3, 0.4) is 0 Å². The van der Waals surface area contributed by atoms with Gasteiger partial charge >= 0.3 is 0 Å². The number of benzene rings is 1. The third-order valence-electron chi connectivity index (χ3n) is 2.43. The number of amides is 1. The molecule has 1 amide bonds. The van der Waals surface area contributed by atoms with Crippen LogP contribution in [-0.2, 0) is 11.2 Å². The predicted octanol–water partition coefficient (Wildman–Crippen LogP) is 0.812. The molecule has 1 aromatic carbocycles. The van der Waals surface area contributed by atoms with Crippen LogP contribution in [-0.4, -0.2) is 26.0 Å². The number of carbonyl (C=O) groups excluding carboxylic acids is 1. The van der Waals surface area contributed by atoms with Crippen LogP contribution in [0.1, 0.15) is 5.56 Å². The molecule has 0 aliphatic carbocycles. The maximum Gasteiger partial charge on any atom is 0.228 e. The Morgan fingerprint density at radius 1 is 1.40 bits per heavy atom. The van der Waals surface area contributed by atoms with Gasteiger partial charge in [0.15, 0.2) is 0 Å². The van der Waals surface area contributed by atoms with Crippen molar-refractivity contribution in [3.05, 3.63) is 23.8 Å². The van der Waals surface area contributed by atoms with E-state index in [0.29, 0.717) is 6.42 Å². The minimum absolute atomic E-state index is 0.0809. The van der Waals surface area contributed by atoms with Crippen LogP contribution in [0.15, 0.2) is 18.2 Å². The van der Waals surface area contributed by atoms with Crippen LogP contribution in [0.4, 0.5) is 11.4 Å². The highest BCUT2D eigenvalue weighted by atomic mass is 16.1. The molecule has 0 radical (unpaired) electrons. The molecule has 0 aromatic heterocycles. The van der Waals surface area contributed by atoms with Gasteiger partial charge in [0, 0.05) is 24.5 Å². The monoisotopic (exact) mass is 205 g/mol. The first kappa shape index (κ1) is 9.98. The molecule has 2 rings (SSSR count). The Labute approximate surface area is 89.1 Å². The molecule has 1 heterocycles. The van der Waals surface area contributed by atoms with Crippen LogP contribution in [0.2, 0.25) is 0 Å². The summed E-state index contributed by atoms with van der Waals surface area (Å²) in [5.74, 6) is 0.0809. The van der Waals surface area contributed by atoms with E-state index in [1.54, 1.807) is 0 Å². The van der Waals surface area contributed by atoms with Crippen LogP contribution in [0.25, 0.3) is 0 Å². The van der Waals surface area contributed by atoms with E-state index in [1.165, 1.54) is 0 Å². The van der Waals surface area contributed by atoms with Gasteiger partial charge in [-0.2, -0.15) is 0 Å². The normalized spacial score (nSPS) is 13.5. The summed E-state index contributed by atoms with van der Waals surface area (Å²) in [6.07, 6.45) is 0.497. The van der Waals surface area contributed by atoms with E-state index in [0.717, 1.165) is 30.0 Å². The number of hydrogen-bond donors (Lipinski definition) is 3. The van der Waals surface area contributed by atoms with Gasteiger partial charge in [-0.25, -0.2) is 0 Å². The lowest BCUT2D eigenvalue weighted by atomic mass is 10.1. The molecule has 0 saturated heterocycles. The molecule has 1 aliphatic rings. The van der Waals surface area contributed by atoms with Crippen molar-refractivity contribution in [1.82, 2.24) is 5.32 Å². The first-order valence-electron chi connectivity index (χ1n) is 5.11. The summed E-state index contributed by atoms with van der Waals surface area (Å²) in [4.78, 5) is 11.1. The molecule has 1 aromatic rings. The van der Waals surface area contributed by atoms with Crippen molar-refractivity contribution in [2.45, 2.75) is 6.42 Å². The van der Waals surface area contributed by atoms with E-state index >= 15 is 0 Å². The van der Waals surface area contributed by atoms with Crippen molar-refractivity contribution < 1.29 is 4.79 Å². The molecule has 4 nitrogen and oxygen atoms in total. The molecule has 0 unspecified atom stereocenters. The van der Waals surface area contributed by atoms with Crippen molar-refractivity contribution in [3.63, 3.8) is 0 Å². The molecule has 0 atom stereocenters. The summed E-state index contributed by atoms with van der Waals surface area (Å²) in [5, 5.41) is 9.17. The molecule has 4 heteroatoms. The van der Waals surface area contributed by atoms with Crippen molar-refractivity contribution in [1.29, 1.82) is 0 Å². The van der Waals surface area contributed by atoms with Crippen LogP contribution in [0, 0.1) is 0 Å². The van der Waals surface area contributed by atoms with Crippen molar-refractivity contribution in [2.24, 2.45) is 0 Å². The Morgan fingerprint density at radius 2 is 2.27 bits per heavy atom. The lowest BCUT2D eigenvalue weighted by Gasteiger charge is -2.07. The highest BCUT2D eigenvalue weighted by Gasteiger charge is 2.16. The van der Waals surface area contributed by atoms with E-state index < -0.39 is 0 Å². The average Bonchev–Trinajstić information content (AvgIpc) is 2.57. The summed E-state index contributed by atoms with van der Waals surface area (Å²) in [7, 11) is 1.92. The summed E-state index contributed by atoms with van der Waals surface area (Å²) in [6, 6.07) is 5.96. The molecule has 1 aliphatic heterocycles. The second kappa shape index (κ2) is 4.31. The van der Waals surface area contributed by atoms with Gasteiger partial charge in [0.1, 0.15) is 0 Å². The van der Waals surface area contributed by atoms with Gasteiger partial charge in [0.25, 0.3) is 0 Å². The fourth-order valence-electron chi connectivity index (χ4n) is 1.67. The zero-order valence-electron chi connectivity index (χ0n) is 8.76. The maximum absolute atomic E-state index is 11.1. The van der Waals surface area contributed by atoms with Gasteiger partial charge in [-0.3, -0.25) is 4.79 Å². The zero-order chi connectivity index (χ0) is 10.7. The largest absolute Gasteiger partial charge is 0.384 e. The number of fused-ring (bicyclic) bond motifs is 1. The standard InChI is InChI=1S/C11H15N3O/c1-12-4-5-13-9-2-3-10-8(6-9)7-11(15)14-10/h2-3,6,12-13H,4-5,7H2,1H3,(H,14,15). The van der Waals surface area contributed by atoms with Crippen LogP contribution in [0.5, 0.6) is 0 Å². The first-order valence-corrected chi connectivity index (χ1v) is 5.11. The summed E-state index contributed by atoms with van der Waals surface area (Å²) < 4.78 is 0. The number of hydrogen-bond acceptors (Lipinski definition) is 3. The third kappa shape index (κ3) is 2.27. The fourth-order valence-corrected chi connectivity index (χ4v) is 1.67. The van der Waals surface area contributed by atoms with E-state index in [9.17, 15) is 4.79 Å². The Morgan fingerprint density at radius 3 is 3.07 bits per heavy atom. The van der Waals surface area contributed by atoms with E-state index in [4.69, 9.17) is 0 Å². The summed E-state index contributed by atoms with van der Waals surface area (Å²) in [5.41, 5.74) is 3.09. The number of carbonyl (C=O) groups is 1. The topological polar surface area (TPSA) is 53.2 Å². The second-order valence-corrected chi connectivity index (χ2v) is 3.63. The number of rotatable bonds is 4. The first-order chi connectivity index (χ1) is 7.29. The van der Waals surface area contributed by atoms with E-state index in [-0.39, 0.29) is 5.91 Å². The molecule has 15 heavy (non-hydrogen) atoms. The van der Waals surface area contributed by atoms with E-state index in [1.807, 2.05) is 25.2 Å². The Bertz CT molecular complexity index is 376. The fraction of sp³-hybridized carbons (Fsp3) is 0.364. The molecule has 80 valence electrons. The molecular formula is C11H15N3O. The lowest BCUT2D eigenvalue weighted by Crippen LogP contribution is -2.17. The molecule has 0 bridgehead atoms. The second-order valence-electron chi connectivity index (χ2n) is 3.63. The molecular weight excluding hydrogens is 190 g/mol. The number of nitrogens with one attached hydrogen (secondary N) is 3. The average molecular weight is 205 g/mol. The Balaban J connectivity index is 2.03. The number of anilines is 2. The summed E-state index contributed by atoms with van der Waals surface area (Å²) >= 11 is 0. The van der Waals surface area contributed by atoms with Crippen molar-refractivity contribution in [3.8, 4) is 0 Å². The van der Waals surface area contributed by atoms with Gasteiger partial charge in [-0.05, 0) is 30.8 Å². The zero-order valence-corrected chi connectivity index (χ0v) is 8.76. The predicted molar refractivity (Wildman–Crippen MR) is 61.2 cm³/mol. The molecule has 0 spiro atoms. The Kier molecular flexibility index (Phi) is 2.87. The van der Waals surface area contributed by atoms with Crippen LogP contribution < -0.4 is 16.0 Å². The van der Waals surface area contributed by atoms with Crippen molar-refractivity contribution in [2.75, 3.05) is 30.8 Å². The smallest absolute Gasteiger partial charge is 0.228 e. The maximum atomic E-state index is 11.1. The minimum Gasteiger partial charge on any atom is -0.384 e. The molecule has 0 saturated carbocycles. The molecule has 0 fully saturated rings. The number of likely N-dealkylation sites (N-methyl/N-ethyl adjacent to an activating group) is 1. The lowest BCUT2D eigenvalue weighted by molar-refractivity contribution is -0.115. The van der Waals surface area contributed by atoms with Gasteiger partial charge in [0.2, 0.25) is 5.91 Å². The SMILES string of the molecule is CNCCNc1ccc2c(c1)CC(=O)N2. The highest BCUT2D eigenvalue weighted by Crippen LogP contribution is 2.25. The quantitative estimate of drug-likeness (QED) is 0.638. The van der Waals surface area contributed by atoms with Gasteiger partial charge in [-0.15, -0.1) is 0 Å². The van der Waals surface area contributed by atoms with Crippen molar-refractivity contribution >= 4 is 17.3 Å². The van der Waals surface area contributed by atoms with Gasteiger partial charge < -0.3 is 16.0 Å².